The average molecular weight is 397 g/mol. The summed E-state index contributed by atoms with van der Waals surface area (Å²) in [6.45, 7) is 5.39. The fourth-order valence-electron chi connectivity index (χ4n) is 1.85. The second-order valence-corrected chi connectivity index (χ2v) is 5.49. The first kappa shape index (κ1) is 17.0. The highest BCUT2D eigenvalue weighted by Crippen LogP contribution is 2.28. The number of alkyl halides is 3. The molecular formula is C14H15F3INO. The number of halogens is 4. The molecule has 1 atom stereocenters. The van der Waals surface area contributed by atoms with Gasteiger partial charge in [0.15, 0.2) is 0 Å². The van der Waals surface area contributed by atoms with Gasteiger partial charge in [-0.3, -0.25) is 9.69 Å². The third-order valence-corrected chi connectivity index (χ3v) is 3.47. The van der Waals surface area contributed by atoms with E-state index in [4.69, 9.17) is 0 Å². The zero-order chi connectivity index (χ0) is 15.3. The topological polar surface area (TPSA) is 20.3 Å². The lowest BCUT2D eigenvalue weighted by Crippen LogP contribution is -2.46. The Hall–Kier alpha value is -1.05. The van der Waals surface area contributed by atoms with Gasteiger partial charge in [-0.25, -0.2) is 0 Å². The molecule has 1 rings (SSSR count). The molecule has 0 N–H and O–H groups in total. The average Bonchev–Trinajstić information content (AvgIpc) is 2.38. The van der Waals surface area contributed by atoms with Gasteiger partial charge in [0.25, 0.3) is 0 Å². The Kier molecular flexibility index (Phi) is 6.04. The van der Waals surface area contributed by atoms with Crippen LogP contribution < -0.4 is 4.90 Å². The summed E-state index contributed by atoms with van der Waals surface area (Å²) in [5, 5.41) is 0. The number of anilines is 1. The van der Waals surface area contributed by atoms with Crippen molar-refractivity contribution in [3.63, 3.8) is 0 Å². The Bertz CT molecular complexity index is 470. The summed E-state index contributed by atoms with van der Waals surface area (Å²) in [5.74, 6) is -1.86. The van der Waals surface area contributed by atoms with Gasteiger partial charge in [0.2, 0.25) is 0 Å². The molecule has 110 valence electrons. The minimum absolute atomic E-state index is 0.228. The molecule has 1 amide bonds. The van der Waals surface area contributed by atoms with Crippen LogP contribution in [-0.2, 0) is 4.79 Å². The maximum atomic E-state index is 12.8. The molecule has 0 radical (unpaired) electrons. The zero-order valence-corrected chi connectivity index (χ0v) is 13.1. The minimum atomic E-state index is -4.90. The molecule has 20 heavy (non-hydrogen) atoms. The van der Waals surface area contributed by atoms with E-state index in [2.05, 4.69) is 29.2 Å². The van der Waals surface area contributed by atoms with Crippen molar-refractivity contribution in [1.82, 2.24) is 0 Å². The molecule has 0 aliphatic heterocycles. The molecular weight excluding hydrogens is 382 g/mol. The van der Waals surface area contributed by atoms with E-state index >= 15 is 0 Å². The monoisotopic (exact) mass is 397 g/mol. The highest BCUT2D eigenvalue weighted by Gasteiger charge is 2.44. The maximum Gasteiger partial charge on any atom is 0.471 e. The summed E-state index contributed by atoms with van der Waals surface area (Å²) in [7, 11) is 0. The summed E-state index contributed by atoms with van der Waals surface area (Å²) in [6.07, 6.45) is -2.44. The van der Waals surface area contributed by atoms with Crippen molar-refractivity contribution >= 4 is 34.2 Å². The van der Waals surface area contributed by atoms with Gasteiger partial charge in [0, 0.05) is 9.26 Å². The molecule has 0 fully saturated rings. The SMILES string of the molecule is C=C[C@@H](CCC)N(C(=O)C(F)(F)F)c1ccc(I)cc1. The van der Waals surface area contributed by atoms with Gasteiger partial charge in [0.05, 0.1) is 6.04 Å². The first-order valence-corrected chi connectivity index (χ1v) is 7.17. The molecule has 0 saturated heterocycles. The normalized spacial score (nSPS) is 12.8. The molecule has 0 heterocycles. The molecule has 0 unspecified atom stereocenters. The summed E-state index contributed by atoms with van der Waals surface area (Å²) < 4.78 is 39.2. The lowest BCUT2D eigenvalue weighted by atomic mass is 10.1. The van der Waals surface area contributed by atoms with Crippen molar-refractivity contribution in [2.45, 2.75) is 32.0 Å². The molecule has 0 saturated carbocycles. The van der Waals surface area contributed by atoms with Crippen molar-refractivity contribution in [3.8, 4) is 0 Å². The number of nitrogens with zero attached hydrogens (tertiary/aromatic N) is 1. The second-order valence-electron chi connectivity index (χ2n) is 4.24. The Balaban J connectivity index is 3.22. The van der Waals surface area contributed by atoms with Gasteiger partial charge in [-0.15, -0.1) is 6.58 Å². The quantitative estimate of drug-likeness (QED) is 0.528. The summed E-state index contributed by atoms with van der Waals surface area (Å²) in [5.41, 5.74) is 0.228. The molecule has 0 bridgehead atoms. The number of carbonyl (C=O) groups is 1. The van der Waals surface area contributed by atoms with E-state index in [1.165, 1.54) is 18.2 Å². The number of hydrogen-bond acceptors (Lipinski definition) is 1. The van der Waals surface area contributed by atoms with Crippen LogP contribution in [0.5, 0.6) is 0 Å². The van der Waals surface area contributed by atoms with Crippen LogP contribution in [-0.4, -0.2) is 18.1 Å². The smallest absolute Gasteiger partial charge is 0.298 e. The van der Waals surface area contributed by atoms with Gasteiger partial charge in [-0.2, -0.15) is 13.2 Å². The Labute approximate surface area is 129 Å². The Morgan fingerprint density at radius 3 is 2.35 bits per heavy atom. The maximum absolute atomic E-state index is 12.8. The van der Waals surface area contributed by atoms with Crippen molar-refractivity contribution < 1.29 is 18.0 Å². The predicted molar refractivity (Wildman–Crippen MR) is 81.6 cm³/mol. The molecule has 1 aromatic rings. The van der Waals surface area contributed by atoms with Crippen LogP contribution in [0.1, 0.15) is 19.8 Å². The fourth-order valence-corrected chi connectivity index (χ4v) is 2.21. The molecule has 0 aromatic heterocycles. The summed E-state index contributed by atoms with van der Waals surface area (Å²) in [6, 6.07) is 5.68. The molecule has 0 aliphatic carbocycles. The Morgan fingerprint density at radius 1 is 1.40 bits per heavy atom. The molecule has 0 aliphatic rings. The van der Waals surface area contributed by atoms with Crippen LogP contribution in [0.3, 0.4) is 0 Å². The van der Waals surface area contributed by atoms with Crippen molar-refractivity contribution in [1.29, 1.82) is 0 Å². The van der Waals surface area contributed by atoms with Crippen molar-refractivity contribution in [2.75, 3.05) is 4.90 Å². The number of benzene rings is 1. The van der Waals surface area contributed by atoms with Crippen molar-refractivity contribution in [2.24, 2.45) is 0 Å². The molecule has 0 spiro atoms. The number of rotatable bonds is 5. The first-order chi connectivity index (χ1) is 9.31. The van der Waals surface area contributed by atoms with E-state index in [-0.39, 0.29) is 5.69 Å². The van der Waals surface area contributed by atoms with Gasteiger partial charge >= 0.3 is 12.1 Å². The van der Waals surface area contributed by atoms with Gasteiger partial charge < -0.3 is 0 Å². The first-order valence-electron chi connectivity index (χ1n) is 6.09. The fraction of sp³-hybridized carbons (Fsp3) is 0.357. The van der Waals surface area contributed by atoms with E-state index in [0.29, 0.717) is 12.8 Å². The van der Waals surface area contributed by atoms with Gasteiger partial charge in [-0.1, -0.05) is 19.4 Å². The number of carbonyl (C=O) groups excluding carboxylic acids is 1. The Morgan fingerprint density at radius 2 is 1.95 bits per heavy atom. The van der Waals surface area contributed by atoms with Crippen LogP contribution in [0.25, 0.3) is 0 Å². The lowest BCUT2D eigenvalue weighted by Gasteiger charge is -2.30. The van der Waals surface area contributed by atoms with Crippen LogP contribution in [0.2, 0.25) is 0 Å². The number of amides is 1. The van der Waals surface area contributed by atoms with Crippen LogP contribution in [0.4, 0.5) is 18.9 Å². The van der Waals surface area contributed by atoms with Crippen molar-refractivity contribution in [3.05, 3.63) is 40.5 Å². The highest BCUT2D eigenvalue weighted by atomic mass is 127. The number of hydrogen-bond donors (Lipinski definition) is 0. The van der Waals surface area contributed by atoms with E-state index in [9.17, 15) is 18.0 Å². The zero-order valence-electron chi connectivity index (χ0n) is 11.0. The molecule has 6 heteroatoms. The third kappa shape index (κ3) is 4.22. The van der Waals surface area contributed by atoms with Crippen LogP contribution in [0, 0.1) is 3.57 Å². The highest BCUT2D eigenvalue weighted by molar-refractivity contribution is 14.1. The largest absolute Gasteiger partial charge is 0.471 e. The van der Waals surface area contributed by atoms with E-state index in [1.807, 2.05) is 6.92 Å². The van der Waals surface area contributed by atoms with E-state index in [0.717, 1.165) is 8.47 Å². The van der Waals surface area contributed by atoms with Crippen LogP contribution in [0.15, 0.2) is 36.9 Å². The second kappa shape index (κ2) is 7.10. The molecule has 2 nitrogen and oxygen atoms in total. The van der Waals surface area contributed by atoms with Gasteiger partial charge in [0.1, 0.15) is 0 Å². The lowest BCUT2D eigenvalue weighted by molar-refractivity contribution is -0.170. The van der Waals surface area contributed by atoms with E-state index < -0.39 is 18.1 Å². The third-order valence-electron chi connectivity index (χ3n) is 2.75. The summed E-state index contributed by atoms with van der Waals surface area (Å²) >= 11 is 2.05. The summed E-state index contributed by atoms with van der Waals surface area (Å²) in [4.78, 5) is 12.4. The molecule has 1 aromatic carbocycles. The van der Waals surface area contributed by atoms with Gasteiger partial charge in [-0.05, 0) is 53.3 Å². The standard InChI is InChI=1S/C14H15F3INO/c1-3-5-11(4-2)19(13(20)14(15,16)17)12-8-6-10(18)7-9-12/h4,6-9,11H,2-3,5H2,1H3/t11-/m0/s1. The van der Waals surface area contributed by atoms with Crippen LogP contribution >= 0.6 is 22.6 Å². The minimum Gasteiger partial charge on any atom is -0.298 e. The van der Waals surface area contributed by atoms with E-state index in [1.54, 1.807) is 12.1 Å². The predicted octanol–water partition coefficient (Wildman–Crippen LogP) is 4.54.